The van der Waals surface area contributed by atoms with Gasteiger partial charge in [-0.15, -0.1) is 0 Å². The summed E-state index contributed by atoms with van der Waals surface area (Å²) in [5.74, 6) is -0.513. The van der Waals surface area contributed by atoms with Gasteiger partial charge in [-0.2, -0.15) is 4.39 Å². The average Bonchev–Trinajstić information content (AvgIpc) is 2.55. The van der Waals surface area contributed by atoms with Crippen LogP contribution in [0, 0.1) is 11.3 Å². The summed E-state index contributed by atoms with van der Waals surface area (Å²) in [6.45, 7) is 3.92. The van der Waals surface area contributed by atoms with Gasteiger partial charge in [-0.25, -0.2) is 0 Å². The van der Waals surface area contributed by atoms with Crippen LogP contribution in [0.5, 0.6) is 0 Å². The zero-order chi connectivity index (χ0) is 9.35. The lowest BCUT2D eigenvalue weighted by Gasteiger charge is -2.00. The first-order chi connectivity index (χ1) is 5.43. The van der Waals surface area contributed by atoms with Gasteiger partial charge in [-0.1, -0.05) is 13.8 Å². The quantitative estimate of drug-likeness (QED) is 0.497. The molecule has 0 heterocycles. The maximum absolute atomic E-state index is 11.9. The van der Waals surface area contributed by atoms with E-state index in [1.165, 1.54) is 0 Å². The molecule has 1 fully saturated rings. The van der Waals surface area contributed by atoms with Crippen molar-refractivity contribution in [3.63, 3.8) is 0 Å². The standard InChI is InChI=1S/C8H10ClFO2/c1-8(2)3-5(8)7(11)12-4-6(9)10/h4-5H,3H2,1-2H3. The first-order valence-electron chi connectivity index (χ1n) is 3.65. The molecular formula is C8H10ClFO2. The van der Waals surface area contributed by atoms with Crippen LogP contribution in [-0.4, -0.2) is 5.97 Å². The van der Waals surface area contributed by atoms with E-state index in [-0.39, 0.29) is 11.3 Å². The average molecular weight is 193 g/mol. The van der Waals surface area contributed by atoms with Crippen molar-refractivity contribution in [2.24, 2.45) is 11.3 Å². The number of rotatable bonds is 2. The first-order valence-corrected chi connectivity index (χ1v) is 4.03. The van der Waals surface area contributed by atoms with Gasteiger partial charge in [0.2, 0.25) is 5.29 Å². The summed E-state index contributed by atoms with van der Waals surface area (Å²) in [5.41, 5.74) is 0.00765. The highest BCUT2D eigenvalue weighted by atomic mass is 35.5. The van der Waals surface area contributed by atoms with E-state index in [0.29, 0.717) is 6.26 Å². The van der Waals surface area contributed by atoms with Crippen LogP contribution in [0.25, 0.3) is 0 Å². The van der Waals surface area contributed by atoms with E-state index in [1.54, 1.807) is 0 Å². The number of ether oxygens (including phenoxy) is 1. The van der Waals surface area contributed by atoms with Gasteiger partial charge in [0.1, 0.15) is 6.26 Å². The van der Waals surface area contributed by atoms with Crippen molar-refractivity contribution in [1.29, 1.82) is 0 Å². The van der Waals surface area contributed by atoms with E-state index in [9.17, 15) is 9.18 Å². The fourth-order valence-corrected chi connectivity index (χ4v) is 1.10. The van der Waals surface area contributed by atoms with Crippen LogP contribution in [0.3, 0.4) is 0 Å². The Labute approximate surface area is 75.3 Å². The smallest absolute Gasteiger partial charge is 0.314 e. The van der Waals surface area contributed by atoms with Crippen LogP contribution in [0.15, 0.2) is 11.5 Å². The summed E-state index contributed by atoms with van der Waals surface area (Å²) < 4.78 is 16.3. The maximum atomic E-state index is 11.9. The molecule has 0 amide bonds. The van der Waals surface area contributed by atoms with E-state index in [0.717, 1.165) is 6.42 Å². The van der Waals surface area contributed by atoms with E-state index >= 15 is 0 Å². The minimum Gasteiger partial charge on any atom is -0.430 e. The molecular weight excluding hydrogens is 183 g/mol. The molecule has 68 valence electrons. The third-order valence-corrected chi connectivity index (χ3v) is 2.15. The van der Waals surface area contributed by atoms with Crippen molar-refractivity contribution in [2.75, 3.05) is 0 Å². The van der Waals surface area contributed by atoms with E-state index in [4.69, 9.17) is 11.6 Å². The van der Waals surface area contributed by atoms with Crippen LogP contribution in [0.4, 0.5) is 4.39 Å². The van der Waals surface area contributed by atoms with Crippen LogP contribution in [0.2, 0.25) is 0 Å². The summed E-state index contributed by atoms with van der Waals surface area (Å²) in [7, 11) is 0. The molecule has 2 nitrogen and oxygen atoms in total. The van der Waals surface area contributed by atoms with Gasteiger partial charge in [0.25, 0.3) is 0 Å². The highest BCUT2D eigenvalue weighted by Crippen LogP contribution is 2.52. The second kappa shape index (κ2) is 3.05. The molecule has 1 aliphatic carbocycles. The fraction of sp³-hybridized carbons (Fsp3) is 0.625. The van der Waals surface area contributed by atoms with Crippen LogP contribution in [0.1, 0.15) is 20.3 Å². The Hall–Kier alpha value is -0.570. The molecule has 0 saturated heterocycles. The molecule has 1 aliphatic rings. The largest absolute Gasteiger partial charge is 0.430 e. The Kier molecular flexibility index (Phi) is 2.42. The van der Waals surface area contributed by atoms with E-state index in [2.05, 4.69) is 4.74 Å². The van der Waals surface area contributed by atoms with Crippen molar-refractivity contribution >= 4 is 17.6 Å². The lowest BCUT2D eigenvalue weighted by molar-refractivity contribution is -0.140. The van der Waals surface area contributed by atoms with E-state index in [1.807, 2.05) is 13.8 Å². The molecule has 0 spiro atoms. The molecule has 1 atom stereocenters. The van der Waals surface area contributed by atoms with Crippen molar-refractivity contribution in [1.82, 2.24) is 0 Å². The van der Waals surface area contributed by atoms with Crippen LogP contribution >= 0.6 is 11.6 Å². The molecule has 0 aromatic carbocycles. The van der Waals surface area contributed by atoms with Gasteiger partial charge in [0.15, 0.2) is 0 Å². The molecule has 4 heteroatoms. The maximum Gasteiger partial charge on any atom is 0.314 e. The number of halogens is 2. The van der Waals surface area contributed by atoms with Gasteiger partial charge in [0, 0.05) is 0 Å². The summed E-state index contributed by atoms with van der Waals surface area (Å²) in [5, 5.41) is -1.01. The summed E-state index contributed by atoms with van der Waals surface area (Å²) in [4.78, 5) is 11.0. The predicted octanol–water partition coefficient (Wildman–Crippen LogP) is 2.58. The summed E-state index contributed by atoms with van der Waals surface area (Å²) in [6.07, 6.45) is 1.42. The molecule has 1 rings (SSSR count). The normalized spacial score (nSPS) is 26.7. The Bertz CT molecular complexity index is 231. The highest BCUT2D eigenvalue weighted by Gasteiger charge is 2.51. The van der Waals surface area contributed by atoms with Gasteiger partial charge in [0.05, 0.1) is 5.92 Å². The van der Waals surface area contributed by atoms with Gasteiger partial charge in [-0.3, -0.25) is 4.79 Å². The molecule has 12 heavy (non-hydrogen) atoms. The number of hydrogen-bond donors (Lipinski definition) is 0. The van der Waals surface area contributed by atoms with Crippen LogP contribution < -0.4 is 0 Å². The summed E-state index contributed by atoms with van der Waals surface area (Å²) in [6, 6.07) is 0. The molecule has 1 unspecified atom stereocenters. The van der Waals surface area contributed by atoms with Crippen molar-refractivity contribution in [3.8, 4) is 0 Å². The molecule has 0 aliphatic heterocycles. The minimum absolute atomic E-state index is 0.00765. The zero-order valence-electron chi connectivity index (χ0n) is 6.93. The molecule has 0 aromatic heterocycles. The molecule has 0 N–H and O–H groups in total. The van der Waals surface area contributed by atoms with Crippen molar-refractivity contribution in [2.45, 2.75) is 20.3 Å². The van der Waals surface area contributed by atoms with Crippen molar-refractivity contribution < 1.29 is 13.9 Å². The summed E-state index contributed by atoms with van der Waals surface area (Å²) >= 11 is 4.84. The van der Waals surface area contributed by atoms with Crippen molar-refractivity contribution in [3.05, 3.63) is 11.5 Å². The van der Waals surface area contributed by atoms with Gasteiger partial charge < -0.3 is 4.74 Å². The fourth-order valence-electron chi connectivity index (χ4n) is 1.05. The highest BCUT2D eigenvalue weighted by molar-refractivity contribution is 6.28. The second-order valence-corrected chi connectivity index (χ2v) is 3.95. The number of carbonyl (C=O) groups excluding carboxylic acids is 1. The Morgan fingerprint density at radius 1 is 1.75 bits per heavy atom. The second-order valence-electron chi connectivity index (χ2n) is 3.59. The molecule has 0 bridgehead atoms. The lowest BCUT2D eigenvalue weighted by Crippen LogP contribution is -2.06. The molecule has 1 saturated carbocycles. The number of hydrogen-bond acceptors (Lipinski definition) is 2. The number of carbonyl (C=O) groups is 1. The third-order valence-electron chi connectivity index (χ3n) is 2.06. The number of esters is 1. The minimum atomic E-state index is -1.01. The van der Waals surface area contributed by atoms with Crippen LogP contribution in [-0.2, 0) is 9.53 Å². The topological polar surface area (TPSA) is 26.3 Å². The Morgan fingerprint density at radius 2 is 2.25 bits per heavy atom. The first kappa shape index (κ1) is 9.52. The predicted molar refractivity (Wildman–Crippen MR) is 43.0 cm³/mol. The molecule has 0 radical (unpaired) electrons. The monoisotopic (exact) mass is 192 g/mol. The Morgan fingerprint density at radius 3 is 2.58 bits per heavy atom. The van der Waals surface area contributed by atoms with Gasteiger partial charge >= 0.3 is 5.97 Å². The SMILES string of the molecule is CC1(C)CC1C(=O)OC=C(F)Cl. The zero-order valence-corrected chi connectivity index (χ0v) is 7.69. The lowest BCUT2D eigenvalue weighted by atomic mass is 10.1. The van der Waals surface area contributed by atoms with Gasteiger partial charge in [-0.05, 0) is 23.4 Å². The van der Waals surface area contributed by atoms with E-state index < -0.39 is 11.3 Å². The Balaban J connectivity index is 2.37. The molecule has 0 aromatic rings. The third kappa shape index (κ3) is 2.21.